The highest BCUT2D eigenvalue weighted by molar-refractivity contribution is 9.10. The van der Waals surface area contributed by atoms with Gasteiger partial charge in [0.2, 0.25) is 0 Å². The molecule has 5 heteroatoms. The zero-order chi connectivity index (χ0) is 14.5. The van der Waals surface area contributed by atoms with Crippen molar-refractivity contribution >= 4 is 39.0 Å². The normalized spacial score (nSPS) is 12.6. The standard InChI is InChI=1S/C15H19BrN2S2/c1-4-17-10(2)15-11(3)18-14(20-15)9-19-13-7-5-6-12(16)8-13/h5-8,10,17H,4,9H2,1-3H3. The van der Waals surface area contributed by atoms with Crippen LogP contribution in [0.2, 0.25) is 0 Å². The first-order valence-electron chi connectivity index (χ1n) is 6.68. The minimum atomic E-state index is 0.391. The van der Waals surface area contributed by atoms with Crippen molar-refractivity contribution in [1.82, 2.24) is 10.3 Å². The molecule has 1 N–H and O–H groups in total. The molecule has 1 heterocycles. The molecule has 2 aromatic rings. The highest BCUT2D eigenvalue weighted by atomic mass is 79.9. The van der Waals surface area contributed by atoms with Gasteiger partial charge in [-0.2, -0.15) is 0 Å². The molecule has 0 fully saturated rings. The molecule has 0 aliphatic carbocycles. The number of hydrogen-bond donors (Lipinski definition) is 1. The number of nitrogens with one attached hydrogen (secondary N) is 1. The molecule has 0 radical (unpaired) electrons. The molecule has 1 atom stereocenters. The summed E-state index contributed by atoms with van der Waals surface area (Å²) in [5.41, 5.74) is 1.16. The predicted octanol–water partition coefficient (Wildman–Crippen LogP) is 5.18. The average molecular weight is 371 g/mol. The molecular weight excluding hydrogens is 352 g/mol. The molecule has 2 nitrogen and oxygen atoms in total. The molecule has 0 bridgehead atoms. The Kier molecular flexibility index (Phi) is 6.08. The van der Waals surface area contributed by atoms with Crippen LogP contribution in [0.1, 0.15) is 35.5 Å². The molecule has 0 amide bonds. The van der Waals surface area contributed by atoms with E-state index < -0.39 is 0 Å². The van der Waals surface area contributed by atoms with E-state index in [4.69, 9.17) is 4.98 Å². The van der Waals surface area contributed by atoms with Crippen molar-refractivity contribution < 1.29 is 0 Å². The van der Waals surface area contributed by atoms with E-state index in [1.165, 1.54) is 14.8 Å². The molecule has 1 unspecified atom stereocenters. The third kappa shape index (κ3) is 4.32. The molecule has 0 aliphatic rings. The second kappa shape index (κ2) is 7.59. The minimum Gasteiger partial charge on any atom is -0.310 e. The second-order valence-corrected chi connectivity index (χ2v) is 7.66. The van der Waals surface area contributed by atoms with Crippen LogP contribution >= 0.6 is 39.0 Å². The van der Waals surface area contributed by atoms with Gasteiger partial charge in [-0.3, -0.25) is 0 Å². The summed E-state index contributed by atoms with van der Waals surface area (Å²) < 4.78 is 1.12. The number of thiazole rings is 1. The fourth-order valence-corrected chi connectivity index (χ4v) is 4.62. The average Bonchev–Trinajstić information content (AvgIpc) is 2.78. The molecule has 0 spiro atoms. The molecule has 0 aliphatic heterocycles. The van der Waals surface area contributed by atoms with E-state index in [2.05, 4.69) is 60.2 Å². The lowest BCUT2D eigenvalue weighted by molar-refractivity contribution is 0.603. The quantitative estimate of drug-likeness (QED) is 0.709. The lowest BCUT2D eigenvalue weighted by Gasteiger charge is -2.09. The monoisotopic (exact) mass is 370 g/mol. The van der Waals surface area contributed by atoms with Crippen LogP contribution in [0.3, 0.4) is 0 Å². The van der Waals surface area contributed by atoms with Gasteiger partial charge < -0.3 is 5.32 Å². The van der Waals surface area contributed by atoms with Crippen molar-refractivity contribution in [3.63, 3.8) is 0 Å². The molecule has 2 rings (SSSR count). The number of thioether (sulfide) groups is 1. The Morgan fingerprint density at radius 3 is 2.95 bits per heavy atom. The van der Waals surface area contributed by atoms with Gasteiger partial charge >= 0.3 is 0 Å². The topological polar surface area (TPSA) is 24.9 Å². The summed E-state index contributed by atoms with van der Waals surface area (Å²) in [5, 5.41) is 4.66. The lowest BCUT2D eigenvalue weighted by Crippen LogP contribution is -2.17. The fraction of sp³-hybridized carbons (Fsp3) is 0.400. The zero-order valence-electron chi connectivity index (χ0n) is 11.9. The Morgan fingerprint density at radius 1 is 1.45 bits per heavy atom. The van der Waals surface area contributed by atoms with Crippen molar-refractivity contribution in [3.05, 3.63) is 44.3 Å². The van der Waals surface area contributed by atoms with Crippen LogP contribution in [0.5, 0.6) is 0 Å². The number of hydrogen-bond acceptors (Lipinski definition) is 4. The Morgan fingerprint density at radius 2 is 2.25 bits per heavy atom. The van der Waals surface area contributed by atoms with Crippen LogP contribution in [-0.4, -0.2) is 11.5 Å². The number of halogens is 1. The molecule has 1 aromatic heterocycles. The number of rotatable bonds is 6. The highest BCUT2D eigenvalue weighted by Crippen LogP contribution is 2.30. The summed E-state index contributed by atoms with van der Waals surface area (Å²) in [6.07, 6.45) is 0. The lowest BCUT2D eigenvalue weighted by atomic mass is 10.2. The van der Waals surface area contributed by atoms with Gasteiger partial charge in [0.05, 0.1) is 11.4 Å². The summed E-state index contributed by atoms with van der Waals surface area (Å²) in [5.74, 6) is 0.931. The maximum atomic E-state index is 4.70. The van der Waals surface area contributed by atoms with Gasteiger partial charge in [-0.05, 0) is 38.6 Å². The SMILES string of the molecule is CCNC(C)c1sc(CSc2cccc(Br)c2)nc1C. The maximum Gasteiger partial charge on any atom is 0.103 e. The fourth-order valence-electron chi connectivity index (χ4n) is 2.03. The Hall–Kier alpha value is -0.360. The van der Waals surface area contributed by atoms with Crippen molar-refractivity contribution in [2.75, 3.05) is 6.54 Å². The minimum absolute atomic E-state index is 0.391. The summed E-state index contributed by atoms with van der Waals surface area (Å²) in [6, 6.07) is 8.79. The highest BCUT2D eigenvalue weighted by Gasteiger charge is 2.13. The van der Waals surface area contributed by atoms with E-state index in [0.29, 0.717) is 6.04 Å². The van der Waals surface area contributed by atoms with Gasteiger partial charge in [-0.25, -0.2) is 4.98 Å². The predicted molar refractivity (Wildman–Crippen MR) is 92.6 cm³/mol. The van der Waals surface area contributed by atoms with E-state index in [1.54, 1.807) is 0 Å². The molecule has 20 heavy (non-hydrogen) atoms. The van der Waals surface area contributed by atoms with Gasteiger partial charge in [0.15, 0.2) is 0 Å². The number of nitrogens with zero attached hydrogens (tertiary/aromatic N) is 1. The van der Waals surface area contributed by atoms with E-state index >= 15 is 0 Å². The molecule has 1 aromatic carbocycles. The second-order valence-electron chi connectivity index (χ2n) is 4.58. The number of aryl methyl sites for hydroxylation is 1. The summed E-state index contributed by atoms with van der Waals surface area (Å²) in [7, 11) is 0. The van der Waals surface area contributed by atoms with Gasteiger partial charge in [0.1, 0.15) is 5.01 Å². The first kappa shape index (κ1) is 16.0. The summed E-state index contributed by atoms with van der Waals surface area (Å²) >= 11 is 7.16. The van der Waals surface area contributed by atoms with Crippen LogP contribution < -0.4 is 5.32 Å². The Balaban J connectivity index is 2.02. The summed E-state index contributed by atoms with van der Waals surface area (Å²) in [6.45, 7) is 7.43. The molecular formula is C15H19BrN2S2. The third-order valence-corrected chi connectivity index (χ3v) is 5.96. The van der Waals surface area contributed by atoms with Crippen LogP contribution in [0, 0.1) is 6.92 Å². The van der Waals surface area contributed by atoms with Gasteiger partial charge in [0.25, 0.3) is 0 Å². The third-order valence-electron chi connectivity index (χ3n) is 2.94. The van der Waals surface area contributed by atoms with E-state index in [1.807, 2.05) is 29.2 Å². The summed E-state index contributed by atoms with van der Waals surface area (Å²) in [4.78, 5) is 7.33. The van der Waals surface area contributed by atoms with Crippen molar-refractivity contribution in [3.8, 4) is 0 Å². The van der Waals surface area contributed by atoms with Crippen LogP contribution in [0.15, 0.2) is 33.6 Å². The van der Waals surface area contributed by atoms with E-state index in [-0.39, 0.29) is 0 Å². The first-order valence-corrected chi connectivity index (χ1v) is 9.27. The van der Waals surface area contributed by atoms with Crippen LogP contribution in [0.25, 0.3) is 0 Å². The first-order chi connectivity index (χ1) is 9.60. The van der Waals surface area contributed by atoms with Gasteiger partial charge in [-0.15, -0.1) is 23.1 Å². The Labute approximate surface area is 137 Å². The molecule has 0 saturated heterocycles. The van der Waals surface area contributed by atoms with Gasteiger partial charge in [0, 0.05) is 20.3 Å². The maximum absolute atomic E-state index is 4.70. The number of benzene rings is 1. The van der Waals surface area contributed by atoms with Crippen molar-refractivity contribution in [2.24, 2.45) is 0 Å². The van der Waals surface area contributed by atoms with Crippen LogP contribution in [0.4, 0.5) is 0 Å². The molecule has 108 valence electrons. The van der Waals surface area contributed by atoms with E-state index in [0.717, 1.165) is 22.5 Å². The van der Waals surface area contributed by atoms with E-state index in [9.17, 15) is 0 Å². The largest absolute Gasteiger partial charge is 0.310 e. The van der Waals surface area contributed by atoms with Crippen molar-refractivity contribution in [1.29, 1.82) is 0 Å². The number of aromatic nitrogens is 1. The smallest absolute Gasteiger partial charge is 0.103 e. The van der Waals surface area contributed by atoms with Crippen LogP contribution in [-0.2, 0) is 5.75 Å². The van der Waals surface area contributed by atoms with Gasteiger partial charge in [-0.1, -0.05) is 28.9 Å². The van der Waals surface area contributed by atoms with Crippen molar-refractivity contribution in [2.45, 2.75) is 37.5 Å². The molecule has 0 saturated carbocycles. The zero-order valence-corrected chi connectivity index (χ0v) is 15.2. The Bertz CT molecular complexity index is 569.